The monoisotopic (exact) mass is 318 g/mol. The molecule has 0 spiro atoms. The normalized spacial score (nSPS) is 10.2. The molecular formula is C19H18N4O. The van der Waals surface area contributed by atoms with E-state index >= 15 is 0 Å². The van der Waals surface area contributed by atoms with E-state index in [4.69, 9.17) is 0 Å². The SMILES string of the molecule is Cc1cccc(C)c1NC(=O)c1cc(Nc2ccccc2)ncn1. The second-order valence-corrected chi connectivity index (χ2v) is 5.50. The van der Waals surface area contributed by atoms with Crippen LogP contribution in [0.2, 0.25) is 0 Å². The number of carbonyl (C=O) groups excluding carboxylic acids is 1. The molecule has 5 nitrogen and oxygen atoms in total. The maximum atomic E-state index is 12.5. The molecule has 2 N–H and O–H groups in total. The van der Waals surface area contributed by atoms with Crippen molar-refractivity contribution >= 4 is 23.1 Å². The quantitative estimate of drug-likeness (QED) is 0.760. The average molecular weight is 318 g/mol. The van der Waals surface area contributed by atoms with E-state index in [0.29, 0.717) is 11.5 Å². The molecular weight excluding hydrogens is 300 g/mol. The van der Waals surface area contributed by atoms with E-state index in [9.17, 15) is 4.79 Å². The molecule has 0 atom stereocenters. The number of nitrogens with one attached hydrogen (secondary N) is 2. The van der Waals surface area contributed by atoms with E-state index in [1.165, 1.54) is 6.33 Å². The Labute approximate surface area is 140 Å². The molecule has 0 fully saturated rings. The molecule has 0 saturated heterocycles. The van der Waals surface area contributed by atoms with Gasteiger partial charge in [-0.25, -0.2) is 9.97 Å². The molecule has 1 aromatic heterocycles. The molecule has 0 aliphatic heterocycles. The number of aromatic nitrogens is 2. The summed E-state index contributed by atoms with van der Waals surface area (Å²) in [5.41, 5.74) is 4.06. The summed E-state index contributed by atoms with van der Waals surface area (Å²) in [5, 5.41) is 6.08. The van der Waals surface area contributed by atoms with Crippen molar-refractivity contribution < 1.29 is 4.79 Å². The van der Waals surface area contributed by atoms with E-state index in [1.807, 2.05) is 62.4 Å². The molecule has 3 rings (SSSR count). The Morgan fingerprint density at radius 2 is 1.62 bits per heavy atom. The van der Waals surface area contributed by atoms with E-state index in [1.54, 1.807) is 6.07 Å². The molecule has 0 radical (unpaired) electrons. The fourth-order valence-electron chi connectivity index (χ4n) is 2.41. The maximum absolute atomic E-state index is 12.5. The lowest BCUT2D eigenvalue weighted by atomic mass is 10.1. The van der Waals surface area contributed by atoms with E-state index in [2.05, 4.69) is 20.6 Å². The first-order valence-electron chi connectivity index (χ1n) is 7.65. The number of para-hydroxylation sites is 2. The van der Waals surface area contributed by atoms with Gasteiger partial charge in [0.05, 0.1) is 0 Å². The second kappa shape index (κ2) is 6.91. The van der Waals surface area contributed by atoms with Crippen molar-refractivity contribution in [3.63, 3.8) is 0 Å². The van der Waals surface area contributed by atoms with Crippen molar-refractivity contribution in [1.82, 2.24) is 9.97 Å². The van der Waals surface area contributed by atoms with Crippen molar-refractivity contribution in [3.8, 4) is 0 Å². The minimum absolute atomic E-state index is 0.258. The van der Waals surface area contributed by atoms with Gasteiger partial charge >= 0.3 is 0 Å². The van der Waals surface area contributed by atoms with Crippen molar-refractivity contribution in [2.45, 2.75) is 13.8 Å². The summed E-state index contributed by atoms with van der Waals surface area (Å²) in [4.78, 5) is 20.7. The Balaban J connectivity index is 1.80. The minimum Gasteiger partial charge on any atom is -0.340 e. The summed E-state index contributed by atoms with van der Waals surface area (Å²) in [6.07, 6.45) is 1.38. The predicted octanol–water partition coefficient (Wildman–Crippen LogP) is 4.09. The third-order valence-electron chi connectivity index (χ3n) is 3.67. The van der Waals surface area contributed by atoms with Gasteiger partial charge in [-0.1, -0.05) is 36.4 Å². The summed E-state index contributed by atoms with van der Waals surface area (Å²) < 4.78 is 0. The highest BCUT2D eigenvalue weighted by Gasteiger charge is 2.12. The van der Waals surface area contributed by atoms with Crippen molar-refractivity contribution in [1.29, 1.82) is 0 Å². The van der Waals surface area contributed by atoms with Crippen LogP contribution >= 0.6 is 0 Å². The lowest BCUT2D eigenvalue weighted by Crippen LogP contribution is -2.15. The zero-order valence-electron chi connectivity index (χ0n) is 13.6. The van der Waals surface area contributed by atoms with Gasteiger partial charge < -0.3 is 10.6 Å². The molecule has 0 unspecified atom stereocenters. The maximum Gasteiger partial charge on any atom is 0.274 e. The summed E-state index contributed by atoms with van der Waals surface area (Å²) in [6.45, 7) is 3.93. The number of hydrogen-bond donors (Lipinski definition) is 2. The minimum atomic E-state index is -0.258. The summed E-state index contributed by atoms with van der Waals surface area (Å²) in [7, 11) is 0. The van der Waals surface area contributed by atoms with Gasteiger partial charge in [0.1, 0.15) is 17.8 Å². The molecule has 0 aliphatic carbocycles. The van der Waals surface area contributed by atoms with Crippen LogP contribution in [0.5, 0.6) is 0 Å². The third-order valence-corrected chi connectivity index (χ3v) is 3.67. The highest BCUT2D eigenvalue weighted by molar-refractivity contribution is 6.04. The van der Waals surface area contributed by atoms with Crippen LogP contribution < -0.4 is 10.6 Å². The molecule has 1 heterocycles. The number of aryl methyl sites for hydroxylation is 2. The van der Waals surface area contributed by atoms with Crippen LogP contribution in [0.25, 0.3) is 0 Å². The topological polar surface area (TPSA) is 66.9 Å². The standard InChI is InChI=1S/C19H18N4O/c1-13-7-6-8-14(2)18(13)23-19(24)16-11-17(21-12-20-16)22-15-9-4-3-5-10-15/h3-12H,1-2H3,(H,23,24)(H,20,21,22). The Hall–Kier alpha value is -3.21. The number of rotatable bonds is 4. The highest BCUT2D eigenvalue weighted by Crippen LogP contribution is 2.20. The lowest BCUT2D eigenvalue weighted by Gasteiger charge is -2.11. The van der Waals surface area contributed by atoms with E-state index in [0.717, 1.165) is 22.5 Å². The zero-order chi connectivity index (χ0) is 16.9. The van der Waals surface area contributed by atoms with Crippen LogP contribution in [0.4, 0.5) is 17.2 Å². The number of nitrogens with zero attached hydrogens (tertiary/aromatic N) is 2. The Morgan fingerprint density at radius 1 is 0.917 bits per heavy atom. The third kappa shape index (κ3) is 3.57. The first kappa shape index (κ1) is 15.7. The fourth-order valence-corrected chi connectivity index (χ4v) is 2.41. The van der Waals surface area contributed by atoms with Gasteiger partial charge in [0, 0.05) is 17.4 Å². The number of carbonyl (C=O) groups is 1. The first-order chi connectivity index (χ1) is 11.6. The lowest BCUT2D eigenvalue weighted by molar-refractivity contribution is 0.102. The van der Waals surface area contributed by atoms with E-state index < -0.39 is 0 Å². The Kier molecular flexibility index (Phi) is 4.52. The van der Waals surface area contributed by atoms with Crippen LogP contribution in [0.15, 0.2) is 60.9 Å². The van der Waals surface area contributed by atoms with Gasteiger partial charge in [-0.05, 0) is 37.1 Å². The first-order valence-corrected chi connectivity index (χ1v) is 7.65. The molecule has 0 saturated carbocycles. The largest absolute Gasteiger partial charge is 0.340 e. The van der Waals surface area contributed by atoms with Crippen LogP contribution in [-0.4, -0.2) is 15.9 Å². The molecule has 24 heavy (non-hydrogen) atoms. The van der Waals surface area contributed by atoms with Crippen LogP contribution in [0.3, 0.4) is 0 Å². The van der Waals surface area contributed by atoms with Gasteiger partial charge in [-0.15, -0.1) is 0 Å². The number of amides is 1. The van der Waals surface area contributed by atoms with Gasteiger partial charge in [0.15, 0.2) is 0 Å². The van der Waals surface area contributed by atoms with Crippen LogP contribution in [0, 0.1) is 13.8 Å². The highest BCUT2D eigenvalue weighted by atomic mass is 16.1. The summed E-state index contributed by atoms with van der Waals surface area (Å²) in [6, 6.07) is 17.2. The van der Waals surface area contributed by atoms with Gasteiger partial charge in [0.25, 0.3) is 5.91 Å². The number of hydrogen-bond acceptors (Lipinski definition) is 4. The molecule has 3 aromatic rings. The zero-order valence-corrected chi connectivity index (χ0v) is 13.6. The fraction of sp³-hybridized carbons (Fsp3) is 0.105. The van der Waals surface area contributed by atoms with Crippen molar-refractivity contribution in [2.75, 3.05) is 10.6 Å². The molecule has 1 amide bonds. The molecule has 120 valence electrons. The van der Waals surface area contributed by atoms with Gasteiger partial charge in [-0.2, -0.15) is 0 Å². The van der Waals surface area contributed by atoms with Gasteiger partial charge in [-0.3, -0.25) is 4.79 Å². The van der Waals surface area contributed by atoms with E-state index in [-0.39, 0.29) is 5.91 Å². The van der Waals surface area contributed by atoms with Crippen molar-refractivity contribution in [2.24, 2.45) is 0 Å². The van der Waals surface area contributed by atoms with Crippen LogP contribution in [-0.2, 0) is 0 Å². The number of anilines is 3. The second-order valence-electron chi connectivity index (χ2n) is 5.50. The van der Waals surface area contributed by atoms with Crippen LogP contribution in [0.1, 0.15) is 21.6 Å². The molecule has 0 bridgehead atoms. The molecule has 0 aliphatic rings. The summed E-state index contributed by atoms with van der Waals surface area (Å²) >= 11 is 0. The van der Waals surface area contributed by atoms with Crippen molar-refractivity contribution in [3.05, 3.63) is 77.7 Å². The average Bonchev–Trinajstić information content (AvgIpc) is 2.59. The Bertz CT molecular complexity index is 842. The summed E-state index contributed by atoms with van der Waals surface area (Å²) in [5.74, 6) is 0.314. The molecule has 2 aromatic carbocycles. The Morgan fingerprint density at radius 3 is 2.33 bits per heavy atom. The predicted molar refractivity (Wildman–Crippen MR) is 95.6 cm³/mol. The molecule has 5 heteroatoms. The van der Waals surface area contributed by atoms with Gasteiger partial charge in [0.2, 0.25) is 0 Å². The number of benzene rings is 2. The smallest absolute Gasteiger partial charge is 0.274 e.